The molecule has 0 radical (unpaired) electrons. The van der Waals surface area contributed by atoms with Gasteiger partial charge in [0.25, 0.3) is 0 Å². The van der Waals surface area contributed by atoms with Gasteiger partial charge in [0, 0.05) is 31.7 Å². The second-order valence-corrected chi connectivity index (χ2v) is 10.7. The average Bonchev–Trinajstić information content (AvgIpc) is 2.72. The minimum Gasteiger partial charge on any atom is -0.481 e. The largest absolute Gasteiger partial charge is 0.481 e. The highest BCUT2D eigenvalue weighted by Gasteiger charge is 2.38. The predicted molar refractivity (Wildman–Crippen MR) is 122 cm³/mol. The Kier molecular flexibility index (Phi) is 7.74. The van der Waals surface area contributed by atoms with Crippen LogP contribution in [-0.4, -0.2) is 60.4 Å². The molecule has 1 aliphatic rings. The van der Waals surface area contributed by atoms with Crippen molar-refractivity contribution >= 4 is 16.0 Å². The van der Waals surface area contributed by atoms with E-state index in [1.807, 2.05) is 13.8 Å². The van der Waals surface area contributed by atoms with Gasteiger partial charge in [0.15, 0.2) is 0 Å². The minimum atomic E-state index is -4.36. The third-order valence-electron chi connectivity index (χ3n) is 6.15. The predicted octanol–water partition coefficient (Wildman–Crippen LogP) is 3.97. The maximum absolute atomic E-state index is 13.4. The van der Waals surface area contributed by atoms with Crippen molar-refractivity contribution in [3.05, 3.63) is 64.7 Å². The number of hydrogen-bond donors (Lipinski definition) is 1. The molecular formula is C24H29F3N2O4S. The van der Waals surface area contributed by atoms with Crippen molar-refractivity contribution in [1.82, 2.24) is 9.21 Å². The molecule has 2 aromatic rings. The number of alkyl halides is 3. The summed E-state index contributed by atoms with van der Waals surface area (Å²) in [6.07, 6.45) is -4.06. The van der Waals surface area contributed by atoms with E-state index in [1.165, 1.54) is 28.6 Å². The number of halogens is 3. The molecule has 10 heteroatoms. The van der Waals surface area contributed by atoms with Crippen molar-refractivity contribution in [3.8, 4) is 0 Å². The first kappa shape index (κ1) is 26.2. The molecule has 0 amide bonds. The molecule has 1 N–H and O–H groups in total. The van der Waals surface area contributed by atoms with Gasteiger partial charge >= 0.3 is 12.1 Å². The van der Waals surface area contributed by atoms with Crippen LogP contribution in [0.3, 0.4) is 0 Å². The van der Waals surface area contributed by atoms with E-state index in [4.69, 9.17) is 5.11 Å². The van der Waals surface area contributed by atoms with Gasteiger partial charge in [-0.3, -0.25) is 9.69 Å². The zero-order chi connectivity index (χ0) is 25.3. The Morgan fingerprint density at radius 3 is 2.18 bits per heavy atom. The number of piperazine rings is 1. The lowest BCUT2D eigenvalue weighted by atomic mass is 10.1. The molecule has 2 atom stereocenters. The fourth-order valence-corrected chi connectivity index (χ4v) is 6.36. The first-order valence-electron chi connectivity index (χ1n) is 11.0. The summed E-state index contributed by atoms with van der Waals surface area (Å²) >= 11 is 0. The van der Waals surface area contributed by atoms with Crippen molar-refractivity contribution in [3.63, 3.8) is 0 Å². The molecule has 0 aromatic heterocycles. The molecule has 0 aliphatic carbocycles. The summed E-state index contributed by atoms with van der Waals surface area (Å²) < 4.78 is 66.6. The van der Waals surface area contributed by atoms with Crippen LogP contribution in [0.1, 0.15) is 36.1 Å². The Morgan fingerprint density at radius 2 is 1.65 bits per heavy atom. The Balaban J connectivity index is 1.69. The molecule has 1 saturated heterocycles. The van der Waals surface area contributed by atoms with Crippen LogP contribution in [0.25, 0.3) is 0 Å². The lowest BCUT2D eigenvalue weighted by molar-refractivity contribution is -0.138. The molecule has 0 bridgehead atoms. The lowest BCUT2D eigenvalue weighted by Crippen LogP contribution is -2.58. The summed E-state index contributed by atoms with van der Waals surface area (Å²) in [5.41, 5.74) is 1.29. The second kappa shape index (κ2) is 10.1. The summed E-state index contributed by atoms with van der Waals surface area (Å²) in [4.78, 5) is 13.3. The van der Waals surface area contributed by atoms with Gasteiger partial charge in [-0.05, 0) is 68.1 Å². The number of benzene rings is 2. The van der Waals surface area contributed by atoms with E-state index < -0.39 is 27.7 Å². The summed E-state index contributed by atoms with van der Waals surface area (Å²) in [6, 6.07) is 9.01. The monoisotopic (exact) mass is 498 g/mol. The minimum absolute atomic E-state index is 0.0752. The van der Waals surface area contributed by atoms with Crippen LogP contribution in [-0.2, 0) is 33.8 Å². The van der Waals surface area contributed by atoms with Crippen molar-refractivity contribution in [2.24, 2.45) is 0 Å². The highest BCUT2D eigenvalue weighted by molar-refractivity contribution is 7.89. The van der Waals surface area contributed by atoms with Gasteiger partial charge in [-0.25, -0.2) is 8.42 Å². The van der Waals surface area contributed by atoms with Gasteiger partial charge in [0.2, 0.25) is 10.0 Å². The molecular weight excluding hydrogens is 469 g/mol. The fourth-order valence-electron chi connectivity index (χ4n) is 4.50. The van der Waals surface area contributed by atoms with Crippen molar-refractivity contribution < 1.29 is 31.5 Å². The molecule has 1 fully saturated rings. The molecule has 0 saturated carbocycles. The van der Waals surface area contributed by atoms with Crippen LogP contribution in [0, 0.1) is 6.92 Å². The number of aliphatic carboxylic acids is 1. The number of carboxylic acids is 1. The topological polar surface area (TPSA) is 77.9 Å². The van der Waals surface area contributed by atoms with E-state index in [0.717, 1.165) is 23.3 Å². The zero-order valence-corrected chi connectivity index (χ0v) is 20.2. The molecule has 1 unspecified atom stereocenters. The molecule has 6 nitrogen and oxygen atoms in total. The highest BCUT2D eigenvalue weighted by Crippen LogP contribution is 2.30. The van der Waals surface area contributed by atoms with Gasteiger partial charge in [-0.1, -0.05) is 18.2 Å². The number of nitrogens with zero attached hydrogens (tertiary/aromatic N) is 2. The fraction of sp³-hybridized carbons (Fsp3) is 0.458. The summed E-state index contributed by atoms with van der Waals surface area (Å²) in [6.45, 7) is 6.96. The first-order valence-corrected chi connectivity index (χ1v) is 12.5. The number of hydrogen-bond acceptors (Lipinski definition) is 4. The Hall–Kier alpha value is -2.43. The highest BCUT2D eigenvalue weighted by atomic mass is 32.2. The molecule has 1 aliphatic heterocycles. The Labute approximate surface area is 198 Å². The van der Waals surface area contributed by atoms with Gasteiger partial charge in [-0.15, -0.1) is 0 Å². The van der Waals surface area contributed by atoms with E-state index in [-0.39, 0.29) is 23.4 Å². The number of carboxylic acid groups (broad SMARTS) is 1. The normalized spacial score (nSPS) is 20.4. The standard InChI is InChI=1S/C24H29F3N2O4S/c1-16-4-9-22(12-20(16)13-23(30)31)34(32,33)29-17(2)14-28(15-18(29)3)11-10-19-5-7-21(8-6-19)24(25,26)27/h4-9,12,17-18H,10-11,13-15H2,1-3H3,(H,30,31)/t17-,18?/m0/s1. The smallest absolute Gasteiger partial charge is 0.416 e. The maximum atomic E-state index is 13.4. The lowest BCUT2D eigenvalue weighted by Gasteiger charge is -2.43. The Bertz CT molecular complexity index is 1120. The van der Waals surface area contributed by atoms with E-state index in [1.54, 1.807) is 13.0 Å². The molecule has 186 valence electrons. The quantitative estimate of drug-likeness (QED) is 0.625. The van der Waals surface area contributed by atoms with Crippen LogP contribution in [0.4, 0.5) is 13.2 Å². The van der Waals surface area contributed by atoms with Crippen molar-refractivity contribution in [1.29, 1.82) is 0 Å². The van der Waals surface area contributed by atoms with E-state index >= 15 is 0 Å². The van der Waals surface area contributed by atoms with Crippen molar-refractivity contribution in [2.45, 2.75) is 56.8 Å². The summed E-state index contributed by atoms with van der Waals surface area (Å²) in [5, 5.41) is 9.11. The molecule has 1 heterocycles. The van der Waals surface area contributed by atoms with Gasteiger partial charge in [0.1, 0.15) is 0 Å². The van der Waals surface area contributed by atoms with Crippen LogP contribution in [0.15, 0.2) is 47.4 Å². The van der Waals surface area contributed by atoms with Crippen LogP contribution >= 0.6 is 0 Å². The average molecular weight is 499 g/mol. The SMILES string of the molecule is Cc1ccc(S(=O)(=O)N2C(C)CN(CCc3ccc(C(F)(F)F)cc3)C[C@@H]2C)cc1CC(=O)O. The molecule has 0 spiro atoms. The first-order chi connectivity index (χ1) is 15.8. The Morgan fingerprint density at radius 1 is 1.06 bits per heavy atom. The number of carbonyl (C=O) groups is 1. The van der Waals surface area contributed by atoms with Crippen LogP contribution in [0.5, 0.6) is 0 Å². The summed E-state index contributed by atoms with van der Waals surface area (Å²) in [5.74, 6) is -1.03. The molecule has 2 aromatic carbocycles. The summed E-state index contributed by atoms with van der Waals surface area (Å²) in [7, 11) is -3.84. The van der Waals surface area contributed by atoms with Gasteiger partial charge < -0.3 is 5.11 Å². The third-order valence-corrected chi connectivity index (χ3v) is 8.27. The second-order valence-electron chi connectivity index (χ2n) is 8.90. The number of rotatable bonds is 7. The number of sulfonamides is 1. The van der Waals surface area contributed by atoms with Crippen LogP contribution in [0.2, 0.25) is 0 Å². The van der Waals surface area contributed by atoms with Gasteiger partial charge in [0.05, 0.1) is 16.9 Å². The van der Waals surface area contributed by atoms with E-state index in [9.17, 15) is 26.4 Å². The van der Waals surface area contributed by atoms with Gasteiger partial charge in [-0.2, -0.15) is 17.5 Å². The number of aryl methyl sites for hydroxylation is 1. The van der Waals surface area contributed by atoms with Crippen molar-refractivity contribution in [2.75, 3.05) is 19.6 Å². The third kappa shape index (κ3) is 5.97. The zero-order valence-electron chi connectivity index (χ0n) is 19.3. The van der Waals surface area contributed by atoms with Crippen LogP contribution < -0.4 is 0 Å². The molecule has 34 heavy (non-hydrogen) atoms. The molecule has 3 rings (SSSR count). The maximum Gasteiger partial charge on any atom is 0.416 e. The van der Waals surface area contributed by atoms with E-state index in [0.29, 0.717) is 31.6 Å². The van der Waals surface area contributed by atoms with E-state index in [2.05, 4.69) is 4.90 Å².